The van der Waals surface area contributed by atoms with Crippen molar-refractivity contribution in [2.75, 3.05) is 21.3 Å². The SMILES string of the molecule is COc1cc2c(c(OC)c1)C(=O)O[C@H](C[C@@H](C)OC(=O)[C@@](OC)(c1ccccc1)C(F)(F)F)C2. The Morgan fingerprint density at radius 1 is 1.12 bits per heavy atom. The normalized spacial score (nSPS) is 18.2. The largest absolute Gasteiger partial charge is 0.497 e. The van der Waals surface area contributed by atoms with E-state index in [4.69, 9.17) is 23.7 Å². The van der Waals surface area contributed by atoms with Crippen LogP contribution in [0.5, 0.6) is 11.5 Å². The molecule has 1 aliphatic rings. The fraction of sp³-hybridized carbons (Fsp3) is 0.417. The first-order valence-corrected chi connectivity index (χ1v) is 10.4. The number of hydrogen-bond donors (Lipinski definition) is 0. The van der Waals surface area contributed by atoms with E-state index < -0.39 is 41.5 Å². The lowest BCUT2D eigenvalue weighted by Crippen LogP contribution is -2.52. The fourth-order valence-electron chi connectivity index (χ4n) is 4.02. The lowest BCUT2D eigenvalue weighted by Gasteiger charge is -2.34. The van der Waals surface area contributed by atoms with Crippen molar-refractivity contribution in [3.63, 3.8) is 0 Å². The van der Waals surface area contributed by atoms with Crippen LogP contribution >= 0.6 is 0 Å². The number of methoxy groups -OCH3 is 3. The lowest BCUT2D eigenvalue weighted by molar-refractivity contribution is -0.278. The quantitative estimate of drug-likeness (QED) is 0.522. The van der Waals surface area contributed by atoms with Gasteiger partial charge < -0.3 is 23.7 Å². The van der Waals surface area contributed by atoms with Gasteiger partial charge in [-0.1, -0.05) is 30.3 Å². The number of esters is 2. The van der Waals surface area contributed by atoms with Gasteiger partial charge in [0.2, 0.25) is 0 Å². The van der Waals surface area contributed by atoms with Crippen molar-refractivity contribution in [3.05, 3.63) is 59.2 Å². The first-order chi connectivity index (χ1) is 16.1. The molecule has 0 bridgehead atoms. The Morgan fingerprint density at radius 2 is 1.79 bits per heavy atom. The minimum atomic E-state index is -5.08. The average Bonchev–Trinajstić information content (AvgIpc) is 2.78. The number of benzene rings is 2. The molecule has 2 aromatic rings. The van der Waals surface area contributed by atoms with Gasteiger partial charge in [0.25, 0.3) is 5.60 Å². The van der Waals surface area contributed by atoms with Crippen LogP contribution in [0.15, 0.2) is 42.5 Å². The zero-order valence-corrected chi connectivity index (χ0v) is 19.1. The van der Waals surface area contributed by atoms with E-state index in [0.29, 0.717) is 11.3 Å². The summed E-state index contributed by atoms with van der Waals surface area (Å²) in [7, 11) is 3.68. The van der Waals surface area contributed by atoms with Crippen LogP contribution in [0.25, 0.3) is 0 Å². The predicted octanol–water partition coefficient (Wildman–Crippen LogP) is 4.21. The van der Waals surface area contributed by atoms with Crippen LogP contribution in [0.1, 0.15) is 34.8 Å². The molecule has 0 amide bonds. The summed E-state index contributed by atoms with van der Waals surface area (Å²) in [5, 5.41) is 0. The highest BCUT2D eigenvalue weighted by atomic mass is 19.4. The summed E-state index contributed by atoms with van der Waals surface area (Å²) in [6, 6.07) is 9.76. The third-order valence-electron chi connectivity index (χ3n) is 5.61. The highest BCUT2D eigenvalue weighted by Crippen LogP contribution is 2.43. The molecule has 0 saturated carbocycles. The molecule has 0 unspecified atom stereocenters. The van der Waals surface area contributed by atoms with Gasteiger partial charge in [0.15, 0.2) is 0 Å². The van der Waals surface area contributed by atoms with Crippen molar-refractivity contribution in [2.45, 2.75) is 43.8 Å². The van der Waals surface area contributed by atoms with E-state index >= 15 is 0 Å². The fourth-order valence-corrected chi connectivity index (χ4v) is 4.02. The van der Waals surface area contributed by atoms with Gasteiger partial charge >= 0.3 is 18.1 Å². The van der Waals surface area contributed by atoms with E-state index in [0.717, 1.165) is 19.2 Å². The first-order valence-electron chi connectivity index (χ1n) is 10.4. The van der Waals surface area contributed by atoms with E-state index in [1.54, 1.807) is 12.1 Å². The van der Waals surface area contributed by atoms with Crippen molar-refractivity contribution < 1.29 is 46.4 Å². The van der Waals surface area contributed by atoms with Crippen LogP contribution in [0.2, 0.25) is 0 Å². The Hall–Kier alpha value is -3.27. The molecule has 34 heavy (non-hydrogen) atoms. The molecule has 0 spiro atoms. The maximum absolute atomic E-state index is 14.1. The van der Waals surface area contributed by atoms with Gasteiger partial charge in [-0.05, 0) is 18.6 Å². The monoisotopic (exact) mass is 482 g/mol. The first kappa shape index (κ1) is 25.4. The molecule has 0 radical (unpaired) electrons. The molecule has 10 heteroatoms. The van der Waals surface area contributed by atoms with Crippen molar-refractivity contribution >= 4 is 11.9 Å². The Morgan fingerprint density at radius 3 is 2.35 bits per heavy atom. The molecule has 1 heterocycles. The molecule has 1 aliphatic heterocycles. The molecule has 2 aromatic carbocycles. The molecule has 3 atom stereocenters. The number of hydrogen-bond acceptors (Lipinski definition) is 7. The topological polar surface area (TPSA) is 80.3 Å². The van der Waals surface area contributed by atoms with E-state index in [2.05, 4.69) is 0 Å². The molecule has 184 valence electrons. The molecule has 0 aliphatic carbocycles. The number of cyclic esters (lactones) is 1. The summed E-state index contributed by atoms with van der Waals surface area (Å²) in [6.07, 6.45) is -6.62. The van der Waals surface area contributed by atoms with Gasteiger partial charge in [-0.2, -0.15) is 13.2 Å². The van der Waals surface area contributed by atoms with Crippen molar-refractivity contribution in [1.82, 2.24) is 0 Å². The average molecular weight is 482 g/mol. The summed E-state index contributed by atoms with van der Waals surface area (Å²) in [6.45, 7) is 1.43. The zero-order chi connectivity index (χ0) is 25.1. The number of halogens is 3. The molecule has 7 nitrogen and oxygen atoms in total. The minimum Gasteiger partial charge on any atom is -0.497 e. The number of ether oxygens (including phenoxy) is 5. The van der Waals surface area contributed by atoms with Gasteiger partial charge in [-0.15, -0.1) is 0 Å². The molecular weight excluding hydrogens is 457 g/mol. The van der Waals surface area contributed by atoms with E-state index in [1.165, 1.54) is 39.3 Å². The van der Waals surface area contributed by atoms with Gasteiger partial charge in [-0.3, -0.25) is 0 Å². The number of fused-ring (bicyclic) bond motifs is 1. The Balaban J connectivity index is 1.79. The molecule has 3 rings (SSSR count). The van der Waals surface area contributed by atoms with Crippen LogP contribution in [0, 0.1) is 0 Å². The van der Waals surface area contributed by atoms with E-state index in [9.17, 15) is 22.8 Å². The van der Waals surface area contributed by atoms with Crippen LogP contribution in [-0.4, -0.2) is 51.7 Å². The Labute approximate surface area is 194 Å². The van der Waals surface area contributed by atoms with Crippen molar-refractivity contribution in [3.8, 4) is 11.5 Å². The minimum absolute atomic E-state index is 0.0249. The third-order valence-corrected chi connectivity index (χ3v) is 5.61. The smallest absolute Gasteiger partial charge is 0.432 e. The third kappa shape index (κ3) is 4.68. The number of carbonyl (C=O) groups is 2. The lowest BCUT2D eigenvalue weighted by atomic mass is 9.92. The second kappa shape index (κ2) is 9.92. The number of alkyl halides is 3. The summed E-state index contributed by atoms with van der Waals surface area (Å²) in [4.78, 5) is 25.4. The van der Waals surface area contributed by atoms with Gasteiger partial charge in [0.1, 0.15) is 29.3 Å². The summed E-state index contributed by atoms with van der Waals surface area (Å²) in [5.74, 6) is -1.49. The maximum Gasteiger partial charge on any atom is 0.432 e. The van der Waals surface area contributed by atoms with Crippen LogP contribution in [0.4, 0.5) is 13.2 Å². The summed E-state index contributed by atoms with van der Waals surface area (Å²) < 4.78 is 68.0. The standard InChI is InChI=1S/C24H25F3O7/c1-14(33-22(29)23(32-4,24(25,26)27)16-8-6-5-7-9-16)10-18-12-15-11-17(30-2)13-19(31-3)20(15)21(28)34-18/h5-9,11,13-14,18H,10,12H2,1-4H3/t14-,18-,23+/m1/s1. The highest BCUT2D eigenvalue weighted by molar-refractivity contribution is 5.95. The van der Waals surface area contributed by atoms with Gasteiger partial charge in [0.05, 0.1) is 14.2 Å². The molecule has 0 N–H and O–H groups in total. The van der Waals surface area contributed by atoms with Crippen molar-refractivity contribution in [2.24, 2.45) is 0 Å². The zero-order valence-electron chi connectivity index (χ0n) is 19.1. The molecule has 0 fully saturated rings. The van der Waals surface area contributed by atoms with Crippen molar-refractivity contribution in [1.29, 1.82) is 0 Å². The second-order valence-corrected chi connectivity index (χ2v) is 7.80. The van der Waals surface area contributed by atoms with Gasteiger partial charge in [-0.25, -0.2) is 9.59 Å². The predicted molar refractivity (Wildman–Crippen MR) is 114 cm³/mol. The van der Waals surface area contributed by atoms with Crippen LogP contribution in [0.3, 0.4) is 0 Å². The second-order valence-electron chi connectivity index (χ2n) is 7.80. The van der Waals surface area contributed by atoms with Gasteiger partial charge in [0, 0.05) is 31.6 Å². The Bertz CT molecular complexity index is 1040. The Kier molecular flexibility index (Phi) is 7.40. The number of rotatable bonds is 8. The molecular formula is C24H25F3O7. The van der Waals surface area contributed by atoms with Crippen LogP contribution in [-0.2, 0) is 31.0 Å². The number of carbonyl (C=O) groups excluding carboxylic acids is 2. The molecule has 0 saturated heterocycles. The highest BCUT2D eigenvalue weighted by Gasteiger charge is 2.64. The van der Waals surface area contributed by atoms with Crippen LogP contribution < -0.4 is 9.47 Å². The van der Waals surface area contributed by atoms with E-state index in [1.807, 2.05) is 0 Å². The molecule has 0 aromatic heterocycles. The summed E-state index contributed by atoms with van der Waals surface area (Å²) in [5.41, 5.74) is -2.84. The maximum atomic E-state index is 14.1. The van der Waals surface area contributed by atoms with E-state index in [-0.39, 0.29) is 24.2 Å². The summed E-state index contributed by atoms with van der Waals surface area (Å²) >= 11 is 0.